The van der Waals surface area contributed by atoms with E-state index < -0.39 is 0 Å². The van der Waals surface area contributed by atoms with Gasteiger partial charge in [0.25, 0.3) is 0 Å². The zero-order chi connectivity index (χ0) is 13.9. The highest BCUT2D eigenvalue weighted by Gasteiger charge is 2.16. The summed E-state index contributed by atoms with van der Waals surface area (Å²) in [7, 11) is 3.41. The van der Waals surface area contributed by atoms with Crippen LogP contribution in [0.2, 0.25) is 0 Å². The Labute approximate surface area is 129 Å². The fourth-order valence-corrected chi connectivity index (χ4v) is 2.64. The number of hydrogen-bond donors (Lipinski definition) is 0. The summed E-state index contributed by atoms with van der Waals surface area (Å²) in [6.45, 7) is 0.344. The maximum Gasteiger partial charge on any atom is 0.146 e. The molecule has 0 spiro atoms. The average Bonchev–Trinajstić information content (AvgIpc) is 2.47. The Morgan fingerprint density at radius 2 is 1.84 bits per heavy atom. The molecule has 1 aromatic carbocycles. The molecule has 0 amide bonds. The number of alkyl halides is 1. The van der Waals surface area contributed by atoms with Crippen LogP contribution in [0.3, 0.4) is 0 Å². The first-order chi connectivity index (χ1) is 9.30. The molecular formula is C15H23IO3. The Morgan fingerprint density at radius 1 is 1.11 bits per heavy atom. The number of aryl methyl sites for hydroxylation is 1. The molecule has 0 saturated heterocycles. The van der Waals surface area contributed by atoms with Crippen LogP contribution in [0.15, 0.2) is 30.3 Å². The molecule has 2 atom stereocenters. The third kappa shape index (κ3) is 7.25. The summed E-state index contributed by atoms with van der Waals surface area (Å²) in [6, 6.07) is 10.5. The van der Waals surface area contributed by atoms with E-state index in [1.165, 1.54) is 5.56 Å². The van der Waals surface area contributed by atoms with Gasteiger partial charge in [0.15, 0.2) is 0 Å². The molecule has 1 rings (SSSR count). The van der Waals surface area contributed by atoms with Crippen molar-refractivity contribution in [3.8, 4) is 0 Å². The molecular weight excluding hydrogens is 355 g/mol. The van der Waals surface area contributed by atoms with Crippen molar-refractivity contribution in [2.75, 3.05) is 25.4 Å². The van der Waals surface area contributed by atoms with E-state index in [0.717, 1.165) is 23.7 Å². The third-order valence-electron chi connectivity index (χ3n) is 3.05. The predicted molar refractivity (Wildman–Crippen MR) is 85.8 cm³/mol. The van der Waals surface area contributed by atoms with Gasteiger partial charge in [0.05, 0.1) is 12.2 Å². The van der Waals surface area contributed by atoms with Crippen molar-refractivity contribution >= 4 is 22.6 Å². The minimum absolute atomic E-state index is 0.180. The van der Waals surface area contributed by atoms with Crippen molar-refractivity contribution < 1.29 is 14.2 Å². The zero-order valence-electron chi connectivity index (χ0n) is 11.7. The van der Waals surface area contributed by atoms with Gasteiger partial charge in [-0.3, -0.25) is 0 Å². The molecule has 0 aliphatic carbocycles. The molecule has 0 unspecified atom stereocenters. The predicted octanol–water partition coefficient (Wildman–Crippen LogP) is 3.45. The molecule has 0 aromatic heterocycles. The lowest BCUT2D eigenvalue weighted by Gasteiger charge is -2.21. The number of hydrogen-bond acceptors (Lipinski definition) is 3. The van der Waals surface area contributed by atoms with E-state index in [1.54, 1.807) is 14.2 Å². The first kappa shape index (κ1) is 16.9. The van der Waals surface area contributed by atoms with E-state index in [-0.39, 0.29) is 12.2 Å². The second-order valence-electron chi connectivity index (χ2n) is 4.47. The lowest BCUT2D eigenvalue weighted by molar-refractivity contribution is -0.0873. The van der Waals surface area contributed by atoms with Gasteiger partial charge in [-0.25, -0.2) is 0 Å². The molecule has 3 nitrogen and oxygen atoms in total. The van der Waals surface area contributed by atoms with E-state index in [1.807, 2.05) is 6.07 Å². The molecule has 19 heavy (non-hydrogen) atoms. The van der Waals surface area contributed by atoms with Gasteiger partial charge in [-0.15, -0.1) is 0 Å². The summed E-state index contributed by atoms with van der Waals surface area (Å²) in [5.74, 6) is 0. The maximum absolute atomic E-state index is 5.74. The molecule has 1 aromatic rings. The first-order valence-electron chi connectivity index (χ1n) is 6.53. The normalized spacial score (nSPS) is 14.3. The molecule has 0 aliphatic rings. The Balaban J connectivity index is 2.44. The molecule has 4 heteroatoms. The summed E-state index contributed by atoms with van der Waals surface area (Å²) < 4.78 is 17.2. The number of methoxy groups -OCH3 is 2. The van der Waals surface area contributed by atoms with Gasteiger partial charge >= 0.3 is 0 Å². The van der Waals surface area contributed by atoms with Crippen LogP contribution in [-0.2, 0) is 20.6 Å². The molecule has 0 aliphatic heterocycles. The zero-order valence-corrected chi connectivity index (χ0v) is 13.8. The van der Waals surface area contributed by atoms with E-state index in [9.17, 15) is 0 Å². The van der Waals surface area contributed by atoms with Crippen LogP contribution in [0, 0.1) is 0 Å². The van der Waals surface area contributed by atoms with E-state index in [2.05, 4.69) is 46.9 Å². The molecule has 0 radical (unpaired) electrons. The second-order valence-corrected chi connectivity index (χ2v) is 5.35. The Bertz CT molecular complexity index is 314. The van der Waals surface area contributed by atoms with Gasteiger partial charge in [-0.1, -0.05) is 52.9 Å². The lowest BCUT2D eigenvalue weighted by atomic mass is 10.0. The van der Waals surface area contributed by atoms with Crippen molar-refractivity contribution in [1.29, 1.82) is 0 Å². The largest absolute Gasteiger partial charge is 0.381 e. The smallest absolute Gasteiger partial charge is 0.146 e. The molecule has 0 N–H and O–H groups in total. The fraction of sp³-hybridized carbons (Fsp3) is 0.600. The third-order valence-corrected chi connectivity index (χ3v) is 4.03. The second kappa shape index (κ2) is 10.6. The van der Waals surface area contributed by atoms with Crippen LogP contribution in [-0.4, -0.2) is 37.6 Å². The summed E-state index contributed by atoms with van der Waals surface area (Å²) in [4.78, 5) is 0. The maximum atomic E-state index is 5.74. The highest BCUT2D eigenvalue weighted by molar-refractivity contribution is 14.1. The van der Waals surface area contributed by atoms with Crippen molar-refractivity contribution in [3.63, 3.8) is 0 Å². The van der Waals surface area contributed by atoms with Gasteiger partial charge in [-0.05, 0) is 18.4 Å². The Morgan fingerprint density at radius 3 is 2.42 bits per heavy atom. The van der Waals surface area contributed by atoms with Crippen molar-refractivity contribution in [1.82, 2.24) is 0 Å². The van der Waals surface area contributed by atoms with E-state index >= 15 is 0 Å². The molecule has 0 saturated carbocycles. The quantitative estimate of drug-likeness (QED) is 0.355. The van der Waals surface area contributed by atoms with Crippen LogP contribution in [0.5, 0.6) is 0 Å². The van der Waals surface area contributed by atoms with Gasteiger partial charge in [-0.2, -0.15) is 0 Å². The Hall–Kier alpha value is -0.170. The average molecular weight is 378 g/mol. The number of halogens is 1. The number of benzene rings is 1. The summed E-state index contributed by atoms with van der Waals surface area (Å²) in [6.07, 6.45) is 3.35. The molecule has 0 heterocycles. The van der Waals surface area contributed by atoms with Crippen molar-refractivity contribution in [2.45, 2.75) is 31.5 Å². The monoisotopic (exact) mass is 378 g/mol. The first-order valence-corrected chi connectivity index (χ1v) is 8.06. The SMILES string of the molecule is COCO[C@H](CCc1ccccc1)C[C@H](CI)OC. The van der Waals surface area contributed by atoms with E-state index in [0.29, 0.717) is 6.79 Å². The van der Waals surface area contributed by atoms with Crippen LogP contribution in [0.4, 0.5) is 0 Å². The topological polar surface area (TPSA) is 27.7 Å². The van der Waals surface area contributed by atoms with Gasteiger partial charge in [0.2, 0.25) is 0 Å². The number of rotatable bonds is 10. The summed E-state index contributed by atoms with van der Waals surface area (Å²) >= 11 is 2.35. The van der Waals surface area contributed by atoms with Crippen LogP contribution >= 0.6 is 22.6 Å². The fourth-order valence-electron chi connectivity index (χ4n) is 1.92. The molecule has 0 bridgehead atoms. The molecule has 0 fully saturated rings. The lowest BCUT2D eigenvalue weighted by Crippen LogP contribution is -2.25. The molecule has 108 valence electrons. The van der Waals surface area contributed by atoms with Crippen LogP contribution < -0.4 is 0 Å². The Kier molecular flexibility index (Phi) is 9.42. The summed E-state index contributed by atoms with van der Waals surface area (Å²) in [5.41, 5.74) is 1.34. The van der Waals surface area contributed by atoms with Crippen LogP contribution in [0.1, 0.15) is 18.4 Å². The van der Waals surface area contributed by atoms with Gasteiger partial charge in [0, 0.05) is 25.1 Å². The highest BCUT2D eigenvalue weighted by Crippen LogP contribution is 2.15. The van der Waals surface area contributed by atoms with Crippen molar-refractivity contribution in [3.05, 3.63) is 35.9 Å². The van der Waals surface area contributed by atoms with Gasteiger partial charge in [0.1, 0.15) is 6.79 Å². The van der Waals surface area contributed by atoms with E-state index in [4.69, 9.17) is 14.2 Å². The minimum Gasteiger partial charge on any atom is -0.381 e. The number of ether oxygens (including phenoxy) is 3. The minimum atomic E-state index is 0.180. The van der Waals surface area contributed by atoms with Gasteiger partial charge < -0.3 is 14.2 Å². The highest BCUT2D eigenvalue weighted by atomic mass is 127. The summed E-state index contributed by atoms with van der Waals surface area (Å²) in [5, 5.41) is 0. The van der Waals surface area contributed by atoms with Crippen LogP contribution in [0.25, 0.3) is 0 Å². The van der Waals surface area contributed by atoms with Crippen molar-refractivity contribution in [2.24, 2.45) is 0 Å². The standard InChI is InChI=1S/C15H23IO3/c1-17-12-19-14(10-15(11-16)18-2)9-8-13-6-4-3-5-7-13/h3-7,14-15H,8-12H2,1-2H3/t14-,15-/m1/s1.